The van der Waals surface area contributed by atoms with Crippen LogP contribution in [0.2, 0.25) is 0 Å². The van der Waals surface area contributed by atoms with Crippen LogP contribution >= 0.6 is 0 Å². The van der Waals surface area contributed by atoms with Gasteiger partial charge in [0, 0.05) is 19.1 Å². The molecule has 8 heteroatoms. The van der Waals surface area contributed by atoms with E-state index < -0.39 is 12.1 Å². The molecule has 4 amide bonds. The fraction of sp³-hybridized carbons (Fsp3) is 0.593. The number of ether oxygens (including phenoxy) is 1. The van der Waals surface area contributed by atoms with Gasteiger partial charge in [-0.1, -0.05) is 18.1 Å². The third kappa shape index (κ3) is 3.92. The molecule has 4 fully saturated rings. The number of hydrogen-bond acceptors (Lipinski definition) is 5. The summed E-state index contributed by atoms with van der Waals surface area (Å²) < 4.78 is 5.17. The van der Waals surface area contributed by atoms with Gasteiger partial charge in [-0.3, -0.25) is 14.5 Å². The van der Waals surface area contributed by atoms with Crippen LogP contribution in [0.5, 0.6) is 5.75 Å². The van der Waals surface area contributed by atoms with Crippen molar-refractivity contribution in [3.05, 3.63) is 35.9 Å². The number of carbonyl (C=O) groups excluding carboxylic acids is 3. The van der Waals surface area contributed by atoms with Gasteiger partial charge in [0.2, 0.25) is 5.91 Å². The molecule has 1 aliphatic carbocycles. The zero-order chi connectivity index (χ0) is 24.1. The first kappa shape index (κ1) is 22.6. The van der Waals surface area contributed by atoms with Crippen LogP contribution in [0.25, 0.3) is 0 Å². The normalized spacial score (nSPS) is 32.5. The minimum Gasteiger partial charge on any atom is -0.497 e. The quantitative estimate of drug-likeness (QED) is 0.532. The number of imide groups is 1. The van der Waals surface area contributed by atoms with Crippen molar-refractivity contribution in [2.75, 3.05) is 31.6 Å². The second kappa shape index (κ2) is 8.97. The highest BCUT2D eigenvalue weighted by atomic mass is 16.5. The molecule has 1 N–H and O–H groups in total. The van der Waals surface area contributed by atoms with Gasteiger partial charge in [-0.25, -0.2) is 9.69 Å². The van der Waals surface area contributed by atoms with Crippen molar-refractivity contribution in [2.45, 2.75) is 63.1 Å². The Balaban J connectivity index is 1.17. The highest BCUT2D eigenvalue weighted by Crippen LogP contribution is 2.45. The van der Waals surface area contributed by atoms with E-state index >= 15 is 0 Å². The summed E-state index contributed by atoms with van der Waals surface area (Å²) in [5.41, 5.74) is 1.90. The summed E-state index contributed by atoms with van der Waals surface area (Å²) in [6, 6.07) is 6.28. The molecular formula is C27H34N4O4. The van der Waals surface area contributed by atoms with Crippen molar-refractivity contribution in [3.63, 3.8) is 0 Å². The van der Waals surface area contributed by atoms with Crippen molar-refractivity contribution in [3.8, 4) is 5.75 Å². The second-order valence-corrected chi connectivity index (χ2v) is 10.7. The standard InChI is InChI=1S/C27H34N4O4/c1-35-21-9-7-20(8-10-21)31-26(33)22(28-27(31)34)15-24(32)30-12-4-5-17-13-18-14-19(25(17)30)16-29-11-3-2-6-23(18)29/h7-10,13,18-19,22-23,25H,2-6,11-12,14-16H2,1H3,(H,28,34). The van der Waals surface area contributed by atoms with E-state index in [0.717, 1.165) is 37.3 Å². The Morgan fingerprint density at radius 3 is 2.74 bits per heavy atom. The maximum Gasteiger partial charge on any atom is 0.329 e. The second-order valence-electron chi connectivity index (χ2n) is 10.7. The Bertz CT molecular complexity index is 1050. The molecule has 8 nitrogen and oxygen atoms in total. The number of likely N-dealkylation sites (tertiary alicyclic amines) is 1. The highest BCUT2D eigenvalue weighted by molar-refractivity contribution is 6.22. The lowest BCUT2D eigenvalue weighted by molar-refractivity contribution is -0.138. The van der Waals surface area contributed by atoms with Crippen molar-refractivity contribution in [1.29, 1.82) is 0 Å². The first-order valence-electron chi connectivity index (χ1n) is 13.1. The van der Waals surface area contributed by atoms with Gasteiger partial charge in [-0.2, -0.15) is 0 Å². The average molecular weight is 479 g/mol. The van der Waals surface area contributed by atoms with E-state index in [0.29, 0.717) is 29.3 Å². The molecule has 4 aliphatic heterocycles. The van der Waals surface area contributed by atoms with Gasteiger partial charge in [0.05, 0.1) is 25.3 Å². The Labute approximate surface area is 206 Å². The molecule has 6 rings (SSSR count). The number of carbonyl (C=O) groups is 3. The summed E-state index contributed by atoms with van der Waals surface area (Å²) in [5.74, 6) is 1.32. The predicted molar refractivity (Wildman–Crippen MR) is 131 cm³/mol. The Morgan fingerprint density at radius 1 is 1.11 bits per heavy atom. The molecule has 5 unspecified atom stereocenters. The minimum atomic E-state index is -0.833. The number of methoxy groups -OCH3 is 1. The number of benzene rings is 1. The lowest BCUT2D eigenvalue weighted by Gasteiger charge is -2.54. The zero-order valence-corrected chi connectivity index (χ0v) is 20.3. The van der Waals surface area contributed by atoms with Gasteiger partial charge in [0.1, 0.15) is 11.8 Å². The van der Waals surface area contributed by atoms with Crippen LogP contribution in [0.15, 0.2) is 35.9 Å². The van der Waals surface area contributed by atoms with Crippen LogP contribution < -0.4 is 15.0 Å². The summed E-state index contributed by atoms with van der Waals surface area (Å²) in [5, 5.41) is 2.74. The van der Waals surface area contributed by atoms with Crippen LogP contribution in [-0.2, 0) is 9.59 Å². The highest BCUT2D eigenvalue weighted by Gasteiger charge is 2.48. The van der Waals surface area contributed by atoms with E-state index in [-0.39, 0.29) is 24.3 Å². The van der Waals surface area contributed by atoms with Gasteiger partial charge >= 0.3 is 6.03 Å². The van der Waals surface area contributed by atoms with E-state index in [1.165, 1.54) is 31.4 Å². The lowest BCUT2D eigenvalue weighted by atomic mass is 9.68. The molecule has 35 heavy (non-hydrogen) atoms. The number of urea groups is 1. The number of amides is 4. The van der Waals surface area contributed by atoms with Crippen molar-refractivity contribution >= 4 is 23.5 Å². The molecular weight excluding hydrogens is 444 g/mol. The third-order valence-corrected chi connectivity index (χ3v) is 8.71. The fourth-order valence-electron chi connectivity index (χ4n) is 7.19. The molecule has 5 aliphatic rings. The number of piperidine rings is 3. The fourth-order valence-corrected chi connectivity index (χ4v) is 7.19. The molecule has 186 valence electrons. The van der Waals surface area contributed by atoms with E-state index in [1.807, 2.05) is 4.90 Å². The van der Waals surface area contributed by atoms with E-state index in [1.54, 1.807) is 31.4 Å². The van der Waals surface area contributed by atoms with Crippen molar-refractivity contribution < 1.29 is 19.1 Å². The van der Waals surface area contributed by atoms with E-state index in [2.05, 4.69) is 16.3 Å². The van der Waals surface area contributed by atoms with Crippen molar-refractivity contribution in [2.24, 2.45) is 11.8 Å². The van der Waals surface area contributed by atoms with Crippen LogP contribution in [0.3, 0.4) is 0 Å². The smallest absolute Gasteiger partial charge is 0.329 e. The number of fused-ring (bicyclic) bond motifs is 6. The molecule has 0 radical (unpaired) electrons. The molecule has 0 spiro atoms. The van der Waals surface area contributed by atoms with Crippen LogP contribution in [0, 0.1) is 11.8 Å². The largest absolute Gasteiger partial charge is 0.497 e. The lowest BCUT2D eigenvalue weighted by Crippen LogP contribution is -2.60. The maximum absolute atomic E-state index is 13.6. The SMILES string of the molecule is COc1ccc(N2C(=O)NC(CC(=O)N3CCCC4=CC5CC(CN6CCCCC56)C43)C2=O)cc1. The van der Waals surface area contributed by atoms with Gasteiger partial charge in [0.15, 0.2) is 0 Å². The van der Waals surface area contributed by atoms with Gasteiger partial charge in [-0.15, -0.1) is 0 Å². The number of nitrogens with zero attached hydrogens (tertiary/aromatic N) is 3. The van der Waals surface area contributed by atoms with Crippen LogP contribution in [0.4, 0.5) is 10.5 Å². The summed E-state index contributed by atoms with van der Waals surface area (Å²) in [6.45, 7) is 2.96. The molecule has 4 saturated heterocycles. The van der Waals surface area contributed by atoms with Gasteiger partial charge < -0.3 is 15.0 Å². The van der Waals surface area contributed by atoms with Crippen LogP contribution in [0.1, 0.15) is 44.9 Å². The first-order valence-corrected chi connectivity index (χ1v) is 13.1. The summed E-state index contributed by atoms with van der Waals surface area (Å²) in [6.07, 6.45) is 9.58. The molecule has 5 atom stereocenters. The first-order chi connectivity index (χ1) is 17.0. The number of nitrogens with one attached hydrogen (secondary N) is 1. The molecule has 0 aromatic heterocycles. The Kier molecular flexibility index (Phi) is 5.79. The van der Waals surface area contributed by atoms with E-state index in [9.17, 15) is 14.4 Å². The Morgan fingerprint density at radius 2 is 1.94 bits per heavy atom. The molecule has 1 aromatic rings. The predicted octanol–water partition coefficient (Wildman–Crippen LogP) is 2.93. The molecule has 0 saturated carbocycles. The summed E-state index contributed by atoms with van der Waals surface area (Å²) in [4.78, 5) is 45.2. The minimum absolute atomic E-state index is 0.00347. The number of rotatable bonds is 4. The average Bonchev–Trinajstić information content (AvgIpc) is 3.16. The topological polar surface area (TPSA) is 82.2 Å². The Hall–Kier alpha value is -2.87. The molecule has 1 aromatic carbocycles. The third-order valence-electron chi connectivity index (χ3n) is 8.71. The summed E-state index contributed by atoms with van der Waals surface area (Å²) >= 11 is 0. The zero-order valence-electron chi connectivity index (χ0n) is 20.3. The molecule has 2 bridgehead atoms. The number of anilines is 1. The monoisotopic (exact) mass is 478 g/mol. The van der Waals surface area contributed by atoms with Gasteiger partial charge in [-0.05, 0) is 74.8 Å². The molecule has 4 heterocycles. The van der Waals surface area contributed by atoms with E-state index in [4.69, 9.17) is 4.74 Å². The summed E-state index contributed by atoms with van der Waals surface area (Å²) in [7, 11) is 1.57. The maximum atomic E-state index is 13.6. The van der Waals surface area contributed by atoms with Crippen LogP contribution in [-0.4, -0.2) is 72.5 Å². The van der Waals surface area contributed by atoms with Crippen molar-refractivity contribution in [1.82, 2.24) is 15.1 Å². The van der Waals surface area contributed by atoms with Gasteiger partial charge in [0.25, 0.3) is 5.91 Å². The number of hydrogen-bond donors (Lipinski definition) is 1.